The van der Waals surface area contributed by atoms with Gasteiger partial charge in [-0.15, -0.1) is 0 Å². The summed E-state index contributed by atoms with van der Waals surface area (Å²) in [6.07, 6.45) is 0. The molecule has 0 aliphatic carbocycles. The first-order valence-electron chi connectivity index (χ1n) is 5.22. The Kier molecular flexibility index (Phi) is 4.37. The molecule has 0 bridgehead atoms. The van der Waals surface area contributed by atoms with Crippen molar-refractivity contribution in [2.24, 2.45) is 5.73 Å². The second-order valence-electron chi connectivity index (χ2n) is 3.60. The summed E-state index contributed by atoms with van der Waals surface area (Å²) < 4.78 is 20.9. The van der Waals surface area contributed by atoms with Crippen molar-refractivity contribution >= 4 is 31.9 Å². The topological polar surface area (TPSA) is 35.2 Å². The van der Waals surface area contributed by atoms with Crippen LogP contribution in [0.15, 0.2) is 45.3 Å². The fourth-order valence-corrected chi connectivity index (χ4v) is 2.64. The second kappa shape index (κ2) is 5.82. The standard InChI is InChI=1S/C13H10Br2FNO/c14-8-4-5-13(10(15)6-8)18-12-3-1-2-11(16)9(12)7-17/h1-6H,7,17H2. The number of halogens is 3. The second-order valence-corrected chi connectivity index (χ2v) is 5.37. The van der Waals surface area contributed by atoms with E-state index < -0.39 is 0 Å². The molecule has 0 aliphatic heterocycles. The fourth-order valence-electron chi connectivity index (χ4n) is 1.51. The van der Waals surface area contributed by atoms with Gasteiger partial charge in [0.25, 0.3) is 0 Å². The molecule has 0 unspecified atom stereocenters. The van der Waals surface area contributed by atoms with E-state index >= 15 is 0 Å². The van der Waals surface area contributed by atoms with Crippen molar-refractivity contribution < 1.29 is 9.13 Å². The molecule has 0 radical (unpaired) electrons. The summed E-state index contributed by atoms with van der Waals surface area (Å²) in [6, 6.07) is 10.2. The lowest BCUT2D eigenvalue weighted by Gasteiger charge is -2.12. The van der Waals surface area contributed by atoms with Crippen LogP contribution in [0.5, 0.6) is 11.5 Å². The van der Waals surface area contributed by atoms with Crippen LogP contribution in [-0.2, 0) is 6.54 Å². The van der Waals surface area contributed by atoms with Crippen LogP contribution in [0, 0.1) is 5.82 Å². The molecule has 94 valence electrons. The fraction of sp³-hybridized carbons (Fsp3) is 0.0769. The van der Waals surface area contributed by atoms with E-state index in [0.717, 1.165) is 8.95 Å². The minimum absolute atomic E-state index is 0.0934. The number of ether oxygens (including phenoxy) is 1. The Balaban J connectivity index is 2.37. The largest absolute Gasteiger partial charge is 0.456 e. The summed E-state index contributed by atoms with van der Waals surface area (Å²) in [4.78, 5) is 0. The van der Waals surface area contributed by atoms with E-state index in [4.69, 9.17) is 10.5 Å². The lowest BCUT2D eigenvalue weighted by molar-refractivity contribution is 0.464. The molecule has 0 atom stereocenters. The molecule has 5 heteroatoms. The first-order valence-corrected chi connectivity index (χ1v) is 6.81. The van der Waals surface area contributed by atoms with Gasteiger partial charge < -0.3 is 10.5 Å². The zero-order chi connectivity index (χ0) is 13.1. The molecule has 2 rings (SSSR count). The smallest absolute Gasteiger partial charge is 0.141 e. The molecule has 0 aliphatic rings. The number of hydrogen-bond acceptors (Lipinski definition) is 2. The number of benzene rings is 2. The Morgan fingerprint density at radius 3 is 2.56 bits per heavy atom. The molecular weight excluding hydrogens is 365 g/mol. The Labute approximate surface area is 121 Å². The van der Waals surface area contributed by atoms with Gasteiger partial charge in [0.05, 0.1) is 4.47 Å². The van der Waals surface area contributed by atoms with Crippen LogP contribution in [0.1, 0.15) is 5.56 Å². The van der Waals surface area contributed by atoms with E-state index in [0.29, 0.717) is 17.1 Å². The lowest BCUT2D eigenvalue weighted by Crippen LogP contribution is -2.02. The molecule has 0 spiro atoms. The van der Waals surface area contributed by atoms with Crippen LogP contribution in [0.3, 0.4) is 0 Å². The number of nitrogens with two attached hydrogens (primary N) is 1. The molecule has 2 nitrogen and oxygen atoms in total. The number of hydrogen-bond donors (Lipinski definition) is 1. The maximum absolute atomic E-state index is 13.5. The van der Waals surface area contributed by atoms with E-state index in [1.54, 1.807) is 18.2 Å². The Morgan fingerprint density at radius 2 is 1.89 bits per heavy atom. The van der Waals surface area contributed by atoms with Gasteiger partial charge in [-0.05, 0) is 46.3 Å². The molecule has 0 saturated carbocycles. The third-order valence-electron chi connectivity index (χ3n) is 2.39. The maximum Gasteiger partial charge on any atom is 0.141 e. The van der Waals surface area contributed by atoms with Crippen molar-refractivity contribution in [2.75, 3.05) is 0 Å². The minimum Gasteiger partial charge on any atom is -0.456 e. The van der Waals surface area contributed by atoms with Crippen LogP contribution >= 0.6 is 31.9 Å². The molecule has 18 heavy (non-hydrogen) atoms. The minimum atomic E-state index is -0.358. The molecule has 2 N–H and O–H groups in total. The Hall–Kier alpha value is -0.910. The SMILES string of the molecule is NCc1c(F)cccc1Oc1ccc(Br)cc1Br. The van der Waals surface area contributed by atoms with Gasteiger partial charge in [0.2, 0.25) is 0 Å². The van der Waals surface area contributed by atoms with Crippen molar-refractivity contribution in [3.8, 4) is 11.5 Å². The van der Waals surface area contributed by atoms with Gasteiger partial charge in [-0.1, -0.05) is 22.0 Å². The van der Waals surface area contributed by atoms with Crippen LogP contribution < -0.4 is 10.5 Å². The van der Waals surface area contributed by atoms with Gasteiger partial charge in [0.1, 0.15) is 17.3 Å². The highest BCUT2D eigenvalue weighted by atomic mass is 79.9. The monoisotopic (exact) mass is 373 g/mol. The summed E-state index contributed by atoms with van der Waals surface area (Å²) in [5, 5.41) is 0. The third kappa shape index (κ3) is 2.91. The molecule has 0 heterocycles. The van der Waals surface area contributed by atoms with Crippen molar-refractivity contribution in [3.63, 3.8) is 0 Å². The summed E-state index contributed by atoms with van der Waals surface area (Å²) in [7, 11) is 0. The van der Waals surface area contributed by atoms with E-state index in [1.807, 2.05) is 12.1 Å². The molecule has 0 aromatic heterocycles. The zero-order valence-electron chi connectivity index (χ0n) is 9.29. The average Bonchev–Trinajstić information content (AvgIpc) is 2.33. The Morgan fingerprint density at radius 1 is 1.11 bits per heavy atom. The van der Waals surface area contributed by atoms with E-state index in [1.165, 1.54) is 6.07 Å². The van der Waals surface area contributed by atoms with Gasteiger partial charge in [-0.3, -0.25) is 0 Å². The van der Waals surface area contributed by atoms with E-state index in [2.05, 4.69) is 31.9 Å². The summed E-state index contributed by atoms with van der Waals surface area (Å²) in [5.74, 6) is 0.683. The highest BCUT2D eigenvalue weighted by Gasteiger charge is 2.10. The number of rotatable bonds is 3. The summed E-state index contributed by atoms with van der Waals surface area (Å²) in [6.45, 7) is 0.0934. The van der Waals surface area contributed by atoms with E-state index in [9.17, 15) is 4.39 Å². The van der Waals surface area contributed by atoms with Gasteiger partial charge in [-0.25, -0.2) is 4.39 Å². The highest BCUT2D eigenvalue weighted by molar-refractivity contribution is 9.11. The van der Waals surface area contributed by atoms with Crippen molar-refractivity contribution in [1.82, 2.24) is 0 Å². The molecule has 0 amide bonds. The van der Waals surface area contributed by atoms with Gasteiger partial charge in [-0.2, -0.15) is 0 Å². The van der Waals surface area contributed by atoms with E-state index in [-0.39, 0.29) is 12.4 Å². The summed E-state index contributed by atoms with van der Waals surface area (Å²) >= 11 is 6.75. The van der Waals surface area contributed by atoms with Crippen LogP contribution in [-0.4, -0.2) is 0 Å². The first-order chi connectivity index (χ1) is 8.61. The van der Waals surface area contributed by atoms with Crippen LogP contribution in [0.25, 0.3) is 0 Å². The van der Waals surface area contributed by atoms with Crippen molar-refractivity contribution in [2.45, 2.75) is 6.54 Å². The predicted molar refractivity (Wildman–Crippen MR) is 76.2 cm³/mol. The predicted octanol–water partition coefficient (Wildman–Crippen LogP) is 4.60. The molecule has 0 fully saturated rings. The van der Waals surface area contributed by atoms with Crippen LogP contribution in [0.4, 0.5) is 4.39 Å². The van der Waals surface area contributed by atoms with Crippen LogP contribution in [0.2, 0.25) is 0 Å². The van der Waals surface area contributed by atoms with Gasteiger partial charge >= 0.3 is 0 Å². The maximum atomic E-state index is 13.5. The molecule has 2 aromatic rings. The normalized spacial score (nSPS) is 10.4. The van der Waals surface area contributed by atoms with Crippen molar-refractivity contribution in [1.29, 1.82) is 0 Å². The molecule has 2 aromatic carbocycles. The Bertz CT molecular complexity index is 575. The lowest BCUT2D eigenvalue weighted by atomic mass is 10.2. The molecular formula is C13H10Br2FNO. The summed E-state index contributed by atoms with van der Waals surface area (Å²) in [5.41, 5.74) is 5.90. The van der Waals surface area contributed by atoms with Crippen molar-refractivity contribution in [3.05, 3.63) is 56.7 Å². The van der Waals surface area contributed by atoms with Gasteiger partial charge in [0.15, 0.2) is 0 Å². The quantitative estimate of drug-likeness (QED) is 0.851. The average molecular weight is 375 g/mol. The third-order valence-corrected chi connectivity index (χ3v) is 3.51. The van der Waals surface area contributed by atoms with Gasteiger partial charge in [0, 0.05) is 16.6 Å². The zero-order valence-corrected chi connectivity index (χ0v) is 12.5. The highest BCUT2D eigenvalue weighted by Crippen LogP contribution is 2.33. The first kappa shape index (κ1) is 13.5. The molecule has 0 saturated heterocycles.